The van der Waals surface area contributed by atoms with Crippen molar-refractivity contribution in [1.29, 1.82) is 0 Å². The maximum atomic E-state index is 13.7. The van der Waals surface area contributed by atoms with Crippen molar-refractivity contribution in [3.05, 3.63) is 96.1 Å². The Balaban J connectivity index is 1.80. The summed E-state index contributed by atoms with van der Waals surface area (Å²) in [6, 6.07) is 19.2. The zero-order valence-corrected chi connectivity index (χ0v) is 20.4. The van der Waals surface area contributed by atoms with Gasteiger partial charge >= 0.3 is 20.2 Å². The summed E-state index contributed by atoms with van der Waals surface area (Å²) in [6.07, 6.45) is -10.2. The highest BCUT2D eigenvalue weighted by Crippen LogP contribution is 2.59. The van der Waals surface area contributed by atoms with Crippen LogP contribution in [0.5, 0.6) is 11.5 Å². The second kappa shape index (κ2) is 8.49. The Morgan fingerprint density at radius 3 is 1.82 bits per heavy atom. The van der Waals surface area contributed by atoms with Gasteiger partial charge in [-0.25, -0.2) is 4.57 Å². The maximum Gasteiger partial charge on any atom is 0.584 e. The standard InChI is InChI=1S/C28H15F6O4P/c29-27(30,31)18-11-17(12-19(14-18)28(32,33)34)22-13-16-6-2-4-8-21(16)25-24-20-7-3-1-5-15(20)9-10-23(24)37-39(35,36)38-26(22)25/h1-14H,(H,35,36). The van der Waals surface area contributed by atoms with Gasteiger partial charge in [0.1, 0.15) is 11.5 Å². The molecular formula is C28H15F6O4P. The summed E-state index contributed by atoms with van der Waals surface area (Å²) in [5, 5.41) is 2.23. The van der Waals surface area contributed by atoms with Gasteiger partial charge in [0.25, 0.3) is 0 Å². The third kappa shape index (κ3) is 4.39. The SMILES string of the molecule is O=P1(O)Oc2ccc3ccccc3c2-c2c(c(-c3cc(C(F)(F)F)cc(C(F)(F)F)c3)cc3ccccc23)O1. The van der Waals surface area contributed by atoms with Gasteiger partial charge in [-0.05, 0) is 57.4 Å². The van der Waals surface area contributed by atoms with E-state index in [1.807, 2.05) is 0 Å². The van der Waals surface area contributed by atoms with Crippen molar-refractivity contribution in [2.24, 2.45) is 0 Å². The van der Waals surface area contributed by atoms with Gasteiger partial charge in [-0.1, -0.05) is 54.6 Å². The predicted molar refractivity (Wildman–Crippen MR) is 133 cm³/mol. The molecule has 1 atom stereocenters. The van der Waals surface area contributed by atoms with Crippen LogP contribution in [0.3, 0.4) is 0 Å². The molecule has 1 heterocycles. The van der Waals surface area contributed by atoms with E-state index in [1.165, 1.54) is 12.1 Å². The molecule has 0 aliphatic carbocycles. The van der Waals surface area contributed by atoms with Crippen LogP contribution in [-0.2, 0) is 16.9 Å². The molecule has 39 heavy (non-hydrogen) atoms. The molecule has 0 saturated heterocycles. The zero-order valence-electron chi connectivity index (χ0n) is 19.5. The van der Waals surface area contributed by atoms with Crippen molar-refractivity contribution in [3.8, 4) is 33.8 Å². The highest BCUT2D eigenvalue weighted by molar-refractivity contribution is 7.48. The van der Waals surface area contributed by atoms with Crippen LogP contribution in [-0.4, -0.2) is 4.89 Å². The van der Waals surface area contributed by atoms with E-state index in [0.717, 1.165) is 0 Å². The quantitative estimate of drug-likeness (QED) is 0.164. The molecule has 1 N–H and O–H groups in total. The van der Waals surface area contributed by atoms with Crippen LogP contribution in [0.25, 0.3) is 43.8 Å². The predicted octanol–water partition coefficient (Wildman–Crippen LogP) is 9.24. The second-order valence-electron chi connectivity index (χ2n) is 8.95. The average molecular weight is 560 g/mol. The van der Waals surface area contributed by atoms with Gasteiger partial charge in [0.2, 0.25) is 0 Å². The fraction of sp³-hybridized carbons (Fsp3) is 0.0714. The molecule has 198 valence electrons. The number of fused-ring (bicyclic) bond motifs is 7. The van der Waals surface area contributed by atoms with Crippen LogP contribution >= 0.6 is 7.82 Å². The average Bonchev–Trinajstić information content (AvgIpc) is 2.99. The van der Waals surface area contributed by atoms with Crippen LogP contribution in [0.1, 0.15) is 11.1 Å². The highest BCUT2D eigenvalue weighted by atomic mass is 31.2. The molecule has 0 fully saturated rings. The van der Waals surface area contributed by atoms with Crippen LogP contribution in [0.4, 0.5) is 26.3 Å². The van der Waals surface area contributed by atoms with Crippen LogP contribution in [0, 0.1) is 0 Å². The summed E-state index contributed by atoms with van der Waals surface area (Å²) >= 11 is 0. The monoisotopic (exact) mass is 560 g/mol. The molecular weight excluding hydrogens is 545 g/mol. The summed E-state index contributed by atoms with van der Waals surface area (Å²) in [5.41, 5.74) is -3.28. The number of hydrogen-bond acceptors (Lipinski definition) is 3. The minimum atomic E-state index is -5.09. The van der Waals surface area contributed by atoms with Gasteiger partial charge in [-0.2, -0.15) is 26.3 Å². The molecule has 1 aliphatic heterocycles. The normalized spacial score (nSPS) is 17.2. The Bertz CT molecular complexity index is 1810. The highest BCUT2D eigenvalue weighted by Gasteiger charge is 2.39. The Morgan fingerprint density at radius 2 is 1.21 bits per heavy atom. The number of rotatable bonds is 1. The Morgan fingerprint density at radius 1 is 0.641 bits per heavy atom. The number of phosphoric ester groups is 1. The Labute approximate surface area is 216 Å². The molecule has 5 aromatic carbocycles. The summed E-state index contributed by atoms with van der Waals surface area (Å²) in [7, 11) is -4.93. The molecule has 0 aromatic heterocycles. The van der Waals surface area contributed by atoms with Crippen LogP contribution in [0.15, 0.2) is 84.9 Å². The van der Waals surface area contributed by atoms with Crippen LogP contribution < -0.4 is 9.05 Å². The van der Waals surface area contributed by atoms with E-state index in [2.05, 4.69) is 0 Å². The molecule has 6 rings (SSSR count). The van der Waals surface area contributed by atoms with E-state index < -0.39 is 36.9 Å². The number of phosphoric acid groups is 1. The first kappa shape index (κ1) is 25.3. The lowest BCUT2D eigenvalue weighted by atomic mass is 9.88. The van der Waals surface area contributed by atoms with Crippen molar-refractivity contribution in [2.75, 3.05) is 0 Å². The molecule has 11 heteroatoms. The topological polar surface area (TPSA) is 55.8 Å². The molecule has 1 unspecified atom stereocenters. The zero-order chi connectivity index (χ0) is 27.7. The fourth-order valence-corrected chi connectivity index (χ4v) is 5.70. The summed E-state index contributed by atoms with van der Waals surface area (Å²) < 4.78 is 106. The van der Waals surface area contributed by atoms with E-state index in [0.29, 0.717) is 39.2 Å². The van der Waals surface area contributed by atoms with Gasteiger partial charge in [-0.15, -0.1) is 0 Å². The summed E-state index contributed by atoms with van der Waals surface area (Å²) in [6.45, 7) is 0. The van der Waals surface area contributed by atoms with Gasteiger partial charge in [0.05, 0.1) is 11.1 Å². The first-order valence-electron chi connectivity index (χ1n) is 11.4. The van der Waals surface area contributed by atoms with Crippen molar-refractivity contribution < 1.29 is 44.8 Å². The number of hydrogen-bond donors (Lipinski definition) is 1. The summed E-state index contributed by atoms with van der Waals surface area (Å²) in [5.74, 6) is -0.400. The third-order valence-electron chi connectivity index (χ3n) is 6.46. The van der Waals surface area contributed by atoms with Gasteiger partial charge in [-0.3, -0.25) is 4.89 Å². The lowest BCUT2D eigenvalue weighted by Gasteiger charge is -2.19. The second-order valence-corrected chi connectivity index (χ2v) is 10.3. The van der Waals surface area contributed by atoms with E-state index in [9.17, 15) is 35.8 Å². The smallest absolute Gasteiger partial charge is 0.395 e. The van der Waals surface area contributed by atoms with E-state index in [4.69, 9.17) is 9.05 Å². The largest absolute Gasteiger partial charge is 0.584 e. The lowest BCUT2D eigenvalue weighted by molar-refractivity contribution is -0.143. The van der Waals surface area contributed by atoms with Crippen LogP contribution in [0.2, 0.25) is 0 Å². The van der Waals surface area contributed by atoms with Crippen molar-refractivity contribution in [2.45, 2.75) is 12.4 Å². The van der Waals surface area contributed by atoms with Gasteiger partial charge < -0.3 is 9.05 Å². The molecule has 1 aliphatic rings. The molecule has 0 bridgehead atoms. The van der Waals surface area contributed by atoms with Crippen molar-refractivity contribution in [1.82, 2.24) is 0 Å². The van der Waals surface area contributed by atoms with E-state index >= 15 is 0 Å². The van der Waals surface area contributed by atoms with Crippen molar-refractivity contribution >= 4 is 29.4 Å². The Hall–Kier alpha value is -4.01. The minimum Gasteiger partial charge on any atom is -0.395 e. The first-order valence-corrected chi connectivity index (χ1v) is 12.9. The first-order chi connectivity index (χ1) is 18.3. The van der Waals surface area contributed by atoms with Crippen molar-refractivity contribution in [3.63, 3.8) is 0 Å². The lowest BCUT2D eigenvalue weighted by Crippen LogP contribution is -2.11. The number of alkyl halides is 6. The molecule has 0 spiro atoms. The fourth-order valence-electron chi connectivity index (χ4n) is 4.84. The Kier molecular flexibility index (Phi) is 5.51. The molecule has 4 nitrogen and oxygen atoms in total. The molecule has 0 radical (unpaired) electrons. The molecule has 5 aromatic rings. The maximum absolute atomic E-state index is 13.7. The van der Waals surface area contributed by atoms with Gasteiger partial charge in [0.15, 0.2) is 0 Å². The number of benzene rings is 5. The molecule has 0 saturated carbocycles. The molecule has 0 amide bonds. The van der Waals surface area contributed by atoms with E-state index in [-0.39, 0.29) is 28.7 Å². The minimum absolute atomic E-state index is 0.0208. The number of halogens is 6. The van der Waals surface area contributed by atoms with Gasteiger partial charge in [0, 0.05) is 16.7 Å². The third-order valence-corrected chi connectivity index (χ3v) is 7.30. The van der Waals surface area contributed by atoms with E-state index in [1.54, 1.807) is 54.6 Å². The summed E-state index contributed by atoms with van der Waals surface area (Å²) in [4.78, 5) is 10.6.